The van der Waals surface area contributed by atoms with Crippen molar-refractivity contribution in [3.63, 3.8) is 0 Å². The summed E-state index contributed by atoms with van der Waals surface area (Å²) in [6.45, 7) is 1.02. The van der Waals surface area contributed by atoms with Crippen molar-refractivity contribution in [2.45, 2.75) is 26.6 Å². The van der Waals surface area contributed by atoms with E-state index in [0.29, 0.717) is 22.0 Å². The summed E-state index contributed by atoms with van der Waals surface area (Å²) in [5, 5.41) is 0. The first-order valence-corrected chi connectivity index (χ1v) is 14.4. The molecule has 0 spiro atoms. The number of carbonyl (C=O) groups excluding carboxylic acids is 1. The van der Waals surface area contributed by atoms with E-state index < -0.39 is 35.2 Å². The molecule has 1 fully saturated rings. The second-order valence-electron chi connectivity index (χ2n) is 9.80. The molecule has 0 unspecified atom stereocenters. The summed E-state index contributed by atoms with van der Waals surface area (Å²) in [6, 6.07) is 26.8. The number of ether oxygens (including phenoxy) is 2. The number of anilines is 2. The van der Waals surface area contributed by atoms with Gasteiger partial charge in [-0.2, -0.15) is 12.7 Å². The number of benzene rings is 4. The summed E-state index contributed by atoms with van der Waals surface area (Å²) in [5.74, 6) is -1.57. The molecular formula is C31H30FN3O5S. The molecule has 0 saturated carbocycles. The summed E-state index contributed by atoms with van der Waals surface area (Å²) in [4.78, 5) is 12.8. The largest absolute Gasteiger partial charge is 0.487 e. The van der Waals surface area contributed by atoms with Crippen LogP contribution in [0.4, 0.5) is 15.8 Å². The monoisotopic (exact) mass is 575 g/mol. The molecule has 5 rings (SSSR count). The highest BCUT2D eigenvalue weighted by atomic mass is 32.2. The van der Waals surface area contributed by atoms with Gasteiger partial charge in [0.25, 0.3) is 5.91 Å². The van der Waals surface area contributed by atoms with E-state index in [0.717, 1.165) is 26.6 Å². The lowest BCUT2D eigenvalue weighted by molar-refractivity contribution is -0.127. The molecule has 1 amide bonds. The van der Waals surface area contributed by atoms with Crippen LogP contribution in [0.25, 0.3) is 0 Å². The van der Waals surface area contributed by atoms with Crippen molar-refractivity contribution in [1.82, 2.24) is 4.31 Å². The number of nitrogen functional groups attached to an aromatic ring is 1. The van der Waals surface area contributed by atoms with Crippen molar-refractivity contribution in [2.24, 2.45) is 0 Å². The minimum Gasteiger partial charge on any atom is -0.487 e. The molecule has 2 N–H and O–H groups in total. The Hall–Kier alpha value is -4.41. The minimum atomic E-state index is -4.44. The van der Waals surface area contributed by atoms with Crippen LogP contribution < -0.4 is 14.8 Å². The summed E-state index contributed by atoms with van der Waals surface area (Å²) in [7, 11) is -4.44. The Morgan fingerprint density at radius 2 is 1.54 bits per heavy atom. The first-order chi connectivity index (χ1) is 19.7. The van der Waals surface area contributed by atoms with E-state index in [1.54, 1.807) is 6.07 Å². The fourth-order valence-electron chi connectivity index (χ4n) is 4.60. The van der Waals surface area contributed by atoms with Gasteiger partial charge in [-0.1, -0.05) is 72.8 Å². The molecule has 212 valence electrons. The molecule has 0 aliphatic carbocycles. The molecule has 8 nitrogen and oxygen atoms in total. The van der Waals surface area contributed by atoms with Crippen molar-refractivity contribution in [3.8, 4) is 5.75 Å². The standard InChI is InChI=1S/C31H30FN3O5S/c1-22-12-13-26(28(33)14-22)15-25-16-27(32)31(29(17-25)40-20-24-10-6-3-7-11-24)34-18-30(36)35(41(34,37)38)21-39-19-23-8-4-2-5-9-23/h2-14,16-17H,15,18-21,33H2,1H3. The van der Waals surface area contributed by atoms with Gasteiger partial charge in [-0.15, -0.1) is 0 Å². The highest BCUT2D eigenvalue weighted by molar-refractivity contribution is 7.91. The highest BCUT2D eigenvalue weighted by Crippen LogP contribution is 2.39. The van der Waals surface area contributed by atoms with E-state index in [1.165, 1.54) is 6.07 Å². The molecule has 0 aromatic heterocycles. The SMILES string of the molecule is Cc1ccc(Cc2cc(F)c(N3CC(=O)N(COCc4ccccc4)S3(=O)=O)c(OCc3ccccc3)c2)c(N)c1. The zero-order chi connectivity index (χ0) is 29.0. The average molecular weight is 576 g/mol. The number of amides is 1. The molecule has 1 aliphatic rings. The number of rotatable bonds is 10. The van der Waals surface area contributed by atoms with E-state index in [9.17, 15) is 13.2 Å². The van der Waals surface area contributed by atoms with E-state index >= 15 is 4.39 Å². The maximum absolute atomic E-state index is 15.8. The van der Waals surface area contributed by atoms with Crippen LogP contribution in [-0.4, -0.2) is 31.9 Å². The van der Waals surface area contributed by atoms with Crippen molar-refractivity contribution < 1.29 is 27.1 Å². The first-order valence-electron chi connectivity index (χ1n) is 13.0. The van der Waals surface area contributed by atoms with Crippen LogP contribution in [0.1, 0.15) is 27.8 Å². The van der Waals surface area contributed by atoms with Crippen LogP contribution in [0.15, 0.2) is 91.0 Å². The zero-order valence-corrected chi connectivity index (χ0v) is 23.3. The Morgan fingerprint density at radius 3 is 2.20 bits per heavy atom. The van der Waals surface area contributed by atoms with E-state index in [-0.39, 0.29) is 24.7 Å². The van der Waals surface area contributed by atoms with Gasteiger partial charge in [-0.05, 0) is 59.4 Å². The van der Waals surface area contributed by atoms with E-state index in [2.05, 4.69) is 0 Å². The molecule has 4 aromatic rings. The molecule has 4 aromatic carbocycles. The molecule has 41 heavy (non-hydrogen) atoms. The lowest BCUT2D eigenvalue weighted by Gasteiger charge is -2.23. The summed E-state index contributed by atoms with van der Waals surface area (Å²) in [6.07, 6.45) is 0.302. The number of hydrogen-bond donors (Lipinski definition) is 1. The smallest absolute Gasteiger partial charge is 0.331 e. The number of carbonyl (C=O) groups is 1. The van der Waals surface area contributed by atoms with Crippen LogP contribution in [0.3, 0.4) is 0 Å². The number of halogens is 1. The van der Waals surface area contributed by atoms with Crippen LogP contribution in [-0.2, 0) is 39.4 Å². The van der Waals surface area contributed by atoms with Gasteiger partial charge in [-0.3, -0.25) is 4.79 Å². The van der Waals surface area contributed by atoms with Gasteiger partial charge in [0.15, 0.2) is 5.82 Å². The maximum Gasteiger partial charge on any atom is 0.331 e. The number of aryl methyl sites for hydroxylation is 1. The maximum atomic E-state index is 15.8. The first kappa shape index (κ1) is 28.1. The van der Waals surface area contributed by atoms with Crippen LogP contribution in [0.2, 0.25) is 0 Å². The Bertz CT molecular complexity index is 1650. The fraction of sp³-hybridized carbons (Fsp3) is 0.194. The number of hydrogen-bond acceptors (Lipinski definition) is 6. The molecule has 0 atom stereocenters. The molecule has 0 radical (unpaired) electrons. The molecular weight excluding hydrogens is 545 g/mol. The molecule has 1 aliphatic heterocycles. The normalized spacial score (nSPS) is 14.4. The van der Waals surface area contributed by atoms with Gasteiger partial charge in [0.2, 0.25) is 0 Å². The quantitative estimate of drug-likeness (QED) is 0.269. The van der Waals surface area contributed by atoms with Crippen LogP contribution >= 0.6 is 0 Å². The van der Waals surface area contributed by atoms with Gasteiger partial charge < -0.3 is 15.2 Å². The molecule has 1 heterocycles. The second-order valence-corrected chi connectivity index (χ2v) is 11.6. The Kier molecular flexibility index (Phi) is 8.23. The predicted molar refractivity (Wildman–Crippen MR) is 155 cm³/mol. The fourth-order valence-corrected chi connectivity index (χ4v) is 6.04. The molecule has 0 bridgehead atoms. The molecule has 10 heteroatoms. The third kappa shape index (κ3) is 6.34. The molecule has 1 saturated heterocycles. The van der Waals surface area contributed by atoms with Gasteiger partial charge in [0.1, 0.15) is 31.3 Å². The van der Waals surface area contributed by atoms with Crippen molar-refractivity contribution >= 4 is 27.5 Å². The predicted octanol–water partition coefficient (Wildman–Crippen LogP) is 4.95. The third-order valence-corrected chi connectivity index (χ3v) is 8.44. The highest BCUT2D eigenvalue weighted by Gasteiger charge is 2.45. The number of nitrogens with zero attached hydrogens (tertiary/aromatic N) is 2. The second kappa shape index (κ2) is 12.0. The summed E-state index contributed by atoms with van der Waals surface area (Å²) >= 11 is 0. The Balaban J connectivity index is 1.44. The lowest BCUT2D eigenvalue weighted by Crippen LogP contribution is -2.36. The Labute approximate surface area is 238 Å². The zero-order valence-electron chi connectivity index (χ0n) is 22.5. The lowest BCUT2D eigenvalue weighted by atomic mass is 10.0. The average Bonchev–Trinajstić information content (AvgIpc) is 3.17. The summed E-state index contributed by atoms with van der Waals surface area (Å²) < 4.78 is 55.7. The number of nitrogens with two attached hydrogens (primary N) is 1. The van der Waals surface area contributed by atoms with Crippen molar-refractivity contribution in [2.75, 3.05) is 23.3 Å². The topological polar surface area (TPSA) is 102 Å². The van der Waals surface area contributed by atoms with Crippen LogP contribution in [0.5, 0.6) is 5.75 Å². The van der Waals surface area contributed by atoms with Gasteiger partial charge in [-0.25, -0.2) is 8.70 Å². The van der Waals surface area contributed by atoms with Crippen molar-refractivity contribution in [3.05, 3.63) is 125 Å². The van der Waals surface area contributed by atoms with Crippen LogP contribution in [0, 0.1) is 12.7 Å². The van der Waals surface area contributed by atoms with Gasteiger partial charge >= 0.3 is 10.2 Å². The third-order valence-electron chi connectivity index (χ3n) is 6.70. The van der Waals surface area contributed by atoms with Crippen molar-refractivity contribution in [1.29, 1.82) is 0 Å². The van der Waals surface area contributed by atoms with E-state index in [1.807, 2.05) is 85.8 Å². The van der Waals surface area contributed by atoms with Gasteiger partial charge in [0.05, 0.1) is 6.61 Å². The van der Waals surface area contributed by atoms with E-state index in [4.69, 9.17) is 15.2 Å². The van der Waals surface area contributed by atoms with Gasteiger partial charge in [0, 0.05) is 5.69 Å². The Morgan fingerprint density at radius 1 is 0.878 bits per heavy atom. The summed E-state index contributed by atoms with van der Waals surface area (Å²) in [5.41, 5.74) is 10.4. The minimum absolute atomic E-state index is 0.00188.